The summed E-state index contributed by atoms with van der Waals surface area (Å²) in [4.78, 5) is 27.6. The number of hydrogen-bond acceptors (Lipinski definition) is 6. The number of hydrogen-bond donors (Lipinski definition) is 1. The molecule has 160 valence electrons. The molecule has 7 heteroatoms. The van der Waals surface area contributed by atoms with E-state index in [1.807, 2.05) is 36.4 Å². The Morgan fingerprint density at radius 1 is 1.10 bits per heavy atom. The number of nitrogens with zero attached hydrogens (tertiary/aromatic N) is 4. The van der Waals surface area contributed by atoms with Gasteiger partial charge in [0.15, 0.2) is 0 Å². The molecule has 0 saturated carbocycles. The number of rotatable bonds is 7. The molecule has 3 aromatic rings. The van der Waals surface area contributed by atoms with Crippen molar-refractivity contribution >= 4 is 11.7 Å². The summed E-state index contributed by atoms with van der Waals surface area (Å²) in [6, 6.07) is 15.6. The maximum Gasteiger partial charge on any atom is 0.224 e. The molecule has 0 bridgehead atoms. The summed E-state index contributed by atoms with van der Waals surface area (Å²) < 4.78 is 5.89. The van der Waals surface area contributed by atoms with Crippen LogP contribution in [0.1, 0.15) is 31.0 Å². The van der Waals surface area contributed by atoms with Crippen molar-refractivity contribution in [2.75, 3.05) is 18.0 Å². The number of anilines is 1. The molecule has 1 aliphatic rings. The molecular weight excluding hydrogens is 390 g/mol. The molecule has 1 N–H and O–H groups in total. The van der Waals surface area contributed by atoms with Crippen LogP contribution in [0.3, 0.4) is 0 Å². The molecule has 1 fully saturated rings. The van der Waals surface area contributed by atoms with Crippen molar-refractivity contribution in [2.24, 2.45) is 5.92 Å². The quantitative estimate of drug-likeness (QED) is 0.631. The largest absolute Gasteiger partial charge is 0.439 e. The van der Waals surface area contributed by atoms with Crippen molar-refractivity contribution in [3.8, 4) is 11.6 Å². The lowest BCUT2D eigenvalue weighted by Crippen LogP contribution is -2.40. The Morgan fingerprint density at radius 3 is 2.61 bits per heavy atom. The summed E-state index contributed by atoms with van der Waals surface area (Å²) in [7, 11) is 0. The molecule has 0 radical (unpaired) electrons. The SMILES string of the molecule is CCc1ccc(Oc2cc(N3CCC(C(=O)NCc4ccccn4)CC3)ncn2)cc1. The minimum absolute atomic E-state index is 0.00889. The normalized spacial score (nSPS) is 14.3. The van der Waals surface area contributed by atoms with Crippen molar-refractivity contribution in [3.05, 3.63) is 72.3 Å². The number of benzene rings is 1. The molecule has 7 nitrogen and oxygen atoms in total. The van der Waals surface area contributed by atoms with Gasteiger partial charge in [-0.1, -0.05) is 25.1 Å². The average molecular weight is 418 g/mol. The molecule has 1 aromatic carbocycles. The first kappa shape index (κ1) is 20.8. The Kier molecular flexibility index (Phi) is 6.72. The fraction of sp³-hybridized carbons (Fsp3) is 0.333. The first-order valence-corrected chi connectivity index (χ1v) is 10.7. The van der Waals surface area contributed by atoms with E-state index in [9.17, 15) is 4.79 Å². The number of pyridine rings is 1. The van der Waals surface area contributed by atoms with E-state index in [0.717, 1.165) is 49.6 Å². The van der Waals surface area contributed by atoms with Crippen LogP contribution in [0, 0.1) is 5.92 Å². The van der Waals surface area contributed by atoms with Gasteiger partial charge >= 0.3 is 0 Å². The lowest BCUT2D eigenvalue weighted by Gasteiger charge is -2.32. The smallest absolute Gasteiger partial charge is 0.224 e. The van der Waals surface area contributed by atoms with Gasteiger partial charge in [0.05, 0.1) is 12.2 Å². The predicted octanol–water partition coefficient (Wildman–Crippen LogP) is 3.76. The Balaban J connectivity index is 1.30. The van der Waals surface area contributed by atoms with Crippen LogP contribution in [0.25, 0.3) is 0 Å². The molecular formula is C24H27N5O2. The summed E-state index contributed by atoms with van der Waals surface area (Å²) in [5, 5.41) is 3.00. The molecule has 1 saturated heterocycles. The zero-order valence-corrected chi connectivity index (χ0v) is 17.7. The van der Waals surface area contributed by atoms with Crippen molar-refractivity contribution in [2.45, 2.75) is 32.7 Å². The lowest BCUT2D eigenvalue weighted by atomic mass is 9.96. The second-order valence-corrected chi connectivity index (χ2v) is 7.61. The number of nitrogens with one attached hydrogen (secondary N) is 1. The van der Waals surface area contributed by atoms with Gasteiger partial charge in [0.1, 0.15) is 17.9 Å². The van der Waals surface area contributed by atoms with Crippen LogP contribution in [0.4, 0.5) is 5.82 Å². The van der Waals surface area contributed by atoms with E-state index in [1.54, 1.807) is 6.20 Å². The molecule has 0 unspecified atom stereocenters. The Labute approximate surface area is 182 Å². The summed E-state index contributed by atoms with van der Waals surface area (Å²) in [6.45, 7) is 4.12. The predicted molar refractivity (Wildman–Crippen MR) is 119 cm³/mol. The zero-order chi connectivity index (χ0) is 21.5. The van der Waals surface area contributed by atoms with Crippen LogP contribution < -0.4 is 15.0 Å². The van der Waals surface area contributed by atoms with Crippen LogP contribution in [-0.4, -0.2) is 33.9 Å². The van der Waals surface area contributed by atoms with Gasteiger partial charge in [-0.05, 0) is 49.1 Å². The monoisotopic (exact) mass is 417 g/mol. The Bertz CT molecular complexity index is 986. The highest BCUT2D eigenvalue weighted by Gasteiger charge is 2.25. The van der Waals surface area contributed by atoms with Crippen molar-refractivity contribution in [1.82, 2.24) is 20.3 Å². The van der Waals surface area contributed by atoms with E-state index in [2.05, 4.69) is 44.2 Å². The number of amides is 1. The molecule has 1 amide bonds. The van der Waals surface area contributed by atoms with Crippen LogP contribution in [-0.2, 0) is 17.8 Å². The second-order valence-electron chi connectivity index (χ2n) is 7.61. The van der Waals surface area contributed by atoms with Crippen molar-refractivity contribution < 1.29 is 9.53 Å². The molecule has 0 aliphatic carbocycles. The highest BCUT2D eigenvalue weighted by atomic mass is 16.5. The van der Waals surface area contributed by atoms with Gasteiger partial charge in [-0.2, -0.15) is 0 Å². The van der Waals surface area contributed by atoms with E-state index in [1.165, 1.54) is 11.9 Å². The number of carbonyl (C=O) groups excluding carboxylic acids is 1. The summed E-state index contributed by atoms with van der Waals surface area (Å²) >= 11 is 0. The maximum absolute atomic E-state index is 12.5. The first-order chi connectivity index (χ1) is 15.2. The van der Waals surface area contributed by atoms with Gasteiger partial charge in [0.25, 0.3) is 0 Å². The topological polar surface area (TPSA) is 80.2 Å². The van der Waals surface area contributed by atoms with E-state index in [4.69, 9.17) is 4.74 Å². The fourth-order valence-electron chi connectivity index (χ4n) is 3.67. The minimum atomic E-state index is 0.00889. The number of aromatic nitrogens is 3. The second kappa shape index (κ2) is 10.0. The van der Waals surface area contributed by atoms with Gasteiger partial charge in [-0.3, -0.25) is 9.78 Å². The third-order valence-electron chi connectivity index (χ3n) is 5.54. The Morgan fingerprint density at radius 2 is 1.90 bits per heavy atom. The third kappa shape index (κ3) is 5.57. The van der Waals surface area contributed by atoms with Gasteiger partial charge < -0.3 is 15.0 Å². The Hall–Kier alpha value is -3.48. The van der Waals surface area contributed by atoms with E-state index in [0.29, 0.717) is 12.4 Å². The molecule has 4 rings (SSSR count). The fourth-order valence-corrected chi connectivity index (χ4v) is 3.67. The van der Waals surface area contributed by atoms with Gasteiger partial charge in [-0.25, -0.2) is 9.97 Å². The molecule has 31 heavy (non-hydrogen) atoms. The standard InChI is InChI=1S/C24H27N5O2/c1-2-18-6-8-21(9-7-18)31-23-15-22(27-17-28-23)29-13-10-19(11-14-29)24(30)26-16-20-5-3-4-12-25-20/h3-9,12,15,17,19H,2,10-11,13-14,16H2,1H3,(H,26,30). The van der Waals surface area contributed by atoms with Crippen molar-refractivity contribution in [3.63, 3.8) is 0 Å². The van der Waals surface area contributed by atoms with Crippen molar-refractivity contribution in [1.29, 1.82) is 0 Å². The number of carbonyl (C=O) groups is 1. The summed E-state index contributed by atoms with van der Waals surface area (Å²) in [5.74, 6) is 2.19. The zero-order valence-electron chi connectivity index (χ0n) is 17.7. The van der Waals surface area contributed by atoms with Gasteiger partial charge in [0, 0.05) is 31.3 Å². The van der Waals surface area contributed by atoms with Gasteiger partial charge in [-0.15, -0.1) is 0 Å². The van der Waals surface area contributed by atoms with Gasteiger partial charge in [0.2, 0.25) is 11.8 Å². The third-order valence-corrected chi connectivity index (χ3v) is 5.54. The molecule has 2 aromatic heterocycles. The van der Waals surface area contributed by atoms with Crippen LogP contribution in [0.5, 0.6) is 11.6 Å². The number of aryl methyl sites for hydroxylation is 1. The maximum atomic E-state index is 12.5. The minimum Gasteiger partial charge on any atom is -0.439 e. The number of piperidine rings is 1. The van der Waals surface area contributed by atoms with E-state index in [-0.39, 0.29) is 11.8 Å². The molecule has 0 atom stereocenters. The number of ether oxygens (including phenoxy) is 1. The molecule has 0 spiro atoms. The highest BCUT2D eigenvalue weighted by Crippen LogP contribution is 2.26. The van der Waals surface area contributed by atoms with E-state index >= 15 is 0 Å². The molecule has 1 aliphatic heterocycles. The van der Waals surface area contributed by atoms with Crippen LogP contribution in [0.15, 0.2) is 61.1 Å². The summed E-state index contributed by atoms with van der Waals surface area (Å²) in [5.41, 5.74) is 2.13. The van der Waals surface area contributed by atoms with E-state index < -0.39 is 0 Å². The molecule has 3 heterocycles. The lowest BCUT2D eigenvalue weighted by molar-refractivity contribution is -0.125. The summed E-state index contributed by atoms with van der Waals surface area (Å²) in [6.07, 6.45) is 5.82. The first-order valence-electron chi connectivity index (χ1n) is 10.7. The highest BCUT2D eigenvalue weighted by molar-refractivity contribution is 5.78. The average Bonchev–Trinajstić information content (AvgIpc) is 2.84. The van der Waals surface area contributed by atoms with Crippen LogP contribution in [0.2, 0.25) is 0 Å². The van der Waals surface area contributed by atoms with Crippen LogP contribution >= 0.6 is 0 Å².